The van der Waals surface area contributed by atoms with Crippen molar-refractivity contribution in [2.24, 2.45) is 16.7 Å². The molecule has 0 N–H and O–H groups in total. The molecule has 12 nitrogen and oxygen atoms in total. The standard InChI is InChI=1S/C19H28F6O4.C19H29F5O4.C18H27F5O4/c1-4-16(2,3)15(27)29-17(10-6-5-7-11-17)12-8-9-13(26)28-14(18(20,21)22)19(23,24)25;1-4-16(2,3)15(26)28-17(10-6-5-7-11-17)12-8-9-14(25)27-13-18(20,21)19(22,23)24;1-3-13(2)15(25)27-16(9-5-4-6-10-16)11-7-8-14(24)26-12-17(19,20)18(21,22)23/h14H,4-12H2,1-3H3;4-13H2,1-3H3;13H,3-12H2,1-2H3. The zero-order chi connectivity index (χ0) is 64.9. The largest absolute Gasteiger partial charge is 0.459 e. The number of carbonyl (C=O) groups is 6. The summed E-state index contributed by atoms with van der Waals surface area (Å²) in [5.74, 6) is -15.3. The van der Waals surface area contributed by atoms with Crippen molar-refractivity contribution in [3.63, 3.8) is 0 Å². The van der Waals surface area contributed by atoms with Crippen LogP contribution in [0, 0.1) is 16.7 Å². The Labute approximate surface area is 480 Å². The molecular weight excluding hydrogens is 1170 g/mol. The molecule has 0 bridgehead atoms. The first-order valence-corrected chi connectivity index (χ1v) is 28.5. The minimum atomic E-state index is -5.76. The highest BCUT2D eigenvalue weighted by atomic mass is 19.4. The second kappa shape index (κ2) is 32.6. The van der Waals surface area contributed by atoms with Gasteiger partial charge < -0.3 is 28.4 Å². The van der Waals surface area contributed by atoms with Crippen molar-refractivity contribution in [2.75, 3.05) is 13.2 Å². The molecule has 0 radical (unpaired) electrons. The van der Waals surface area contributed by atoms with Gasteiger partial charge in [0.1, 0.15) is 16.8 Å². The van der Waals surface area contributed by atoms with Crippen molar-refractivity contribution in [2.45, 2.75) is 288 Å². The van der Waals surface area contributed by atoms with Gasteiger partial charge in [0, 0.05) is 19.3 Å². The molecule has 0 saturated heterocycles. The molecule has 492 valence electrons. The lowest BCUT2D eigenvalue weighted by Gasteiger charge is -2.39. The van der Waals surface area contributed by atoms with Crippen molar-refractivity contribution >= 4 is 35.8 Å². The van der Waals surface area contributed by atoms with Gasteiger partial charge in [-0.2, -0.15) is 70.2 Å². The number of carbonyl (C=O) groups excluding carboxylic acids is 6. The quantitative estimate of drug-likeness (QED) is 0.0459. The van der Waals surface area contributed by atoms with E-state index in [4.69, 9.17) is 14.2 Å². The van der Waals surface area contributed by atoms with Gasteiger partial charge in [-0.25, -0.2) is 0 Å². The van der Waals surface area contributed by atoms with Gasteiger partial charge in [-0.05, 0) is 163 Å². The minimum Gasteiger partial charge on any atom is -0.459 e. The van der Waals surface area contributed by atoms with Crippen LogP contribution in [-0.2, 0) is 57.2 Å². The van der Waals surface area contributed by atoms with Crippen LogP contribution in [0.4, 0.5) is 70.2 Å². The van der Waals surface area contributed by atoms with Gasteiger partial charge in [0.15, 0.2) is 13.2 Å². The molecule has 0 spiro atoms. The molecule has 3 fully saturated rings. The van der Waals surface area contributed by atoms with E-state index in [2.05, 4.69) is 14.2 Å². The van der Waals surface area contributed by atoms with Crippen LogP contribution in [0.1, 0.15) is 229 Å². The molecule has 3 saturated carbocycles. The third-order valence-corrected chi connectivity index (χ3v) is 15.7. The number of alkyl halides is 16. The lowest BCUT2D eigenvalue weighted by Crippen LogP contribution is -2.45. The average Bonchev–Trinajstić information content (AvgIpc) is 3.61. The molecule has 0 aromatic rings. The smallest absolute Gasteiger partial charge is 0.456 e. The molecule has 84 heavy (non-hydrogen) atoms. The Morgan fingerprint density at radius 3 is 0.976 bits per heavy atom. The maximum atomic E-state index is 12.8. The maximum absolute atomic E-state index is 12.8. The third kappa shape index (κ3) is 26.4. The second-order valence-corrected chi connectivity index (χ2v) is 23.5. The highest BCUT2D eigenvalue weighted by Crippen LogP contribution is 2.43. The Morgan fingerprint density at radius 1 is 0.429 bits per heavy atom. The van der Waals surface area contributed by atoms with Crippen LogP contribution in [0.3, 0.4) is 0 Å². The highest BCUT2D eigenvalue weighted by molar-refractivity contribution is 5.77. The van der Waals surface area contributed by atoms with E-state index in [-0.39, 0.29) is 56.4 Å². The predicted octanol–water partition coefficient (Wildman–Crippen LogP) is 16.6. The fourth-order valence-corrected chi connectivity index (χ4v) is 9.06. The van der Waals surface area contributed by atoms with Crippen molar-refractivity contribution in [1.82, 2.24) is 0 Å². The number of rotatable bonds is 26. The highest BCUT2D eigenvalue weighted by Gasteiger charge is 2.61. The van der Waals surface area contributed by atoms with E-state index >= 15 is 0 Å². The van der Waals surface area contributed by atoms with Gasteiger partial charge >= 0.3 is 72.4 Å². The normalized spacial score (nSPS) is 18.1. The van der Waals surface area contributed by atoms with E-state index in [0.29, 0.717) is 70.6 Å². The van der Waals surface area contributed by atoms with Crippen molar-refractivity contribution in [3.05, 3.63) is 0 Å². The first-order valence-electron chi connectivity index (χ1n) is 28.5. The van der Waals surface area contributed by atoms with E-state index in [0.717, 1.165) is 57.8 Å². The van der Waals surface area contributed by atoms with Gasteiger partial charge in [-0.1, -0.05) is 47.0 Å². The maximum Gasteiger partial charge on any atom is 0.456 e. The van der Waals surface area contributed by atoms with E-state index in [1.165, 1.54) is 0 Å². The Hall–Kier alpha value is -4.30. The molecular formula is C56H84F16O12. The zero-order valence-corrected chi connectivity index (χ0v) is 49.1. The first kappa shape index (κ1) is 77.7. The molecule has 0 aromatic carbocycles. The van der Waals surface area contributed by atoms with E-state index in [9.17, 15) is 99.0 Å². The predicted molar refractivity (Wildman–Crippen MR) is 271 cm³/mol. The fraction of sp³-hybridized carbons (Fsp3) is 0.893. The first-order chi connectivity index (χ1) is 38.3. The summed E-state index contributed by atoms with van der Waals surface area (Å²) >= 11 is 0. The van der Waals surface area contributed by atoms with Crippen LogP contribution < -0.4 is 0 Å². The van der Waals surface area contributed by atoms with Gasteiger partial charge in [-0.15, -0.1) is 0 Å². The van der Waals surface area contributed by atoms with Gasteiger partial charge in [0.25, 0.3) is 6.10 Å². The van der Waals surface area contributed by atoms with Crippen LogP contribution in [0.25, 0.3) is 0 Å². The topological polar surface area (TPSA) is 158 Å². The number of esters is 6. The molecule has 3 aliphatic carbocycles. The summed E-state index contributed by atoms with van der Waals surface area (Å²) in [6.45, 7) is 10.3. The summed E-state index contributed by atoms with van der Waals surface area (Å²) in [4.78, 5) is 71.7. The van der Waals surface area contributed by atoms with Gasteiger partial charge in [-0.3, -0.25) is 28.8 Å². The summed E-state index contributed by atoms with van der Waals surface area (Å²) in [5, 5.41) is 0. The molecule has 0 amide bonds. The Morgan fingerprint density at radius 2 is 0.714 bits per heavy atom. The van der Waals surface area contributed by atoms with E-state index in [1.807, 2.05) is 20.8 Å². The molecule has 0 aromatic heterocycles. The Kier molecular flexibility index (Phi) is 30.2. The van der Waals surface area contributed by atoms with Crippen molar-refractivity contribution < 1.29 is 127 Å². The fourth-order valence-electron chi connectivity index (χ4n) is 9.06. The molecule has 1 unspecified atom stereocenters. The summed E-state index contributed by atoms with van der Waals surface area (Å²) < 4.78 is 228. The molecule has 3 aliphatic rings. The summed E-state index contributed by atoms with van der Waals surface area (Å²) in [6.07, 6.45) is -13.8. The van der Waals surface area contributed by atoms with Crippen LogP contribution in [-0.4, -0.2) is 108 Å². The van der Waals surface area contributed by atoms with E-state index < -0.39 is 114 Å². The van der Waals surface area contributed by atoms with Crippen molar-refractivity contribution in [1.29, 1.82) is 0 Å². The summed E-state index contributed by atoms with van der Waals surface area (Å²) in [5.41, 5.74) is -3.63. The SMILES string of the molecule is CCC(C)(C)C(=O)OC1(CCCC(=O)OC(C(F)(F)F)C(F)(F)F)CCCCC1.CCC(C)(C)C(=O)OC1(CCCC(=O)OCC(F)(F)C(F)(F)F)CCCCC1.CCC(C)C(=O)OC1(CCCC(=O)OCC(F)(F)C(F)(F)F)CCCCC1. The van der Waals surface area contributed by atoms with Gasteiger partial charge in [0.05, 0.1) is 16.7 Å². The molecule has 1 atom stereocenters. The number of hydrogen-bond acceptors (Lipinski definition) is 12. The lowest BCUT2D eigenvalue weighted by molar-refractivity contribution is -0.313. The van der Waals surface area contributed by atoms with Crippen molar-refractivity contribution in [3.8, 4) is 0 Å². The number of ether oxygens (including phenoxy) is 6. The minimum absolute atomic E-state index is 0.0406. The summed E-state index contributed by atoms with van der Waals surface area (Å²) in [7, 11) is 0. The van der Waals surface area contributed by atoms with Gasteiger partial charge in [0.2, 0.25) is 0 Å². The van der Waals surface area contributed by atoms with Crippen LogP contribution in [0.2, 0.25) is 0 Å². The third-order valence-electron chi connectivity index (χ3n) is 15.7. The Bertz CT molecular complexity index is 2040. The summed E-state index contributed by atoms with van der Waals surface area (Å²) in [6, 6.07) is 0. The number of halogens is 16. The molecule has 28 heteroatoms. The zero-order valence-electron chi connectivity index (χ0n) is 49.1. The average molecular weight is 1250 g/mol. The molecule has 0 heterocycles. The van der Waals surface area contributed by atoms with Crippen LogP contribution in [0.5, 0.6) is 0 Å². The van der Waals surface area contributed by atoms with Crippen LogP contribution >= 0.6 is 0 Å². The monoisotopic (exact) mass is 1250 g/mol. The Balaban J connectivity index is 0.000000630. The molecule has 0 aliphatic heterocycles. The number of hydrogen-bond donors (Lipinski definition) is 0. The lowest BCUT2D eigenvalue weighted by atomic mass is 9.80. The van der Waals surface area contributed by atoms with E-state index in [1.54, 1.807) is 34.6 Å². The van der Waals surface area contributed by atoms with Crippen LogP contribution in [0.15, 0.2) is 0 Å². The molecule has 3 rings (SSSR count). The second-order valence-electron chi connectivity index (χ2n) is 23.5.